The molecule has 0 atom stereocenters. The SMILES string of the molecule is CCC1(CNC(=NC)NCCNS(=O)(=O)CC)CCCC1. The quantitative estimate of drug-likeness (QED) is 0.355. The molecule has 21 heavy (non-hydrogen) atoms. The van der Waals surface area contributed by atoms with Gasteiger partial charge in [0.2, 0.25) is 10.0 Å². The van der Waals surface area contributed by atoms with Gasteiger partial charge in [-0.25, -0.2) is 13.1 Å². The molecule has 0 aromatic rings. The van der Waals surface area contributed by atoms with Crippen LogP contribution in [0.4, 0.5) is 0 Å². The summed E-state index contributed by atoms with van der Waals surface area (Å²) in [7, 11) is -1.38. The van der Waals surface area contributed by atoms with Gasteiger partial charge in [-0.05, 0) is 31.6 Å². The Labute approximate surface area is 129 Å². The third-order valence-electron chi connectivity index (χ3n) is 4.39. The van der Waals surface area contributed by atoms with E-state index in [1.54, 1.807) is 14.0 Å². The lowest BCUT2D eigenvalue weighted by Crippen LogP contribution is -2.45. The minimum absolute atomic E-state index is 0.110. The van der Waals surface area contributed by atoms with Crippen LogP contribution in [-0.4, -0.2) is 46.8 Å². The molecule has 1 aliphatic rings. The molecule has 7 heteroatoms. The molecular formula is C14H30N4O2S. The monoisotopic (exact) mass is 318 g/mol. The Morgan fingerprint density at radius 2 is 1.81 bits per heavy atom. The van der Waals surface area contributed by atoms with E-state index in [4.69, 9.17) is 0 Å². The molecule has 124 valence electrons. The van der Waals surface area contributed by atoms with Gasteiger partial charge < -0.3 is 10.6 Å². The van der Waals surface area contributed by atoms with E-state index < -0.39 is 10.0 Å². The van der Waals surface area contributed by atoms with Crippen LogP contribution in [0.15, 0.2) is 4.99 Å². The molecule has 3 N–H and O–H groups in total. The normalized spacial score (nSPS) is 18.7. The van der Waals surface area contributed by atoms with Crippen molar-refractivity contribution in [1.82, 2.24) is 15.4 Å². The Kier molecular flexibility index (Phi) is 7.45. The molecule has 0 unspecified atom stereocenters. The molecule has 0 amide bonds. The molecule has 1 aliphatic carbocycles. The number of nitrogens with one attached hydrogen (secondary N) is 3. The molecule has 6 nitrogen and oxygen atoms in total. The summed E-state index contributed by atoms with van der Waals surface area (Å²) in [6.07, 6.45) is 6.39. The summed E-state index contributed by atoms with van der Waals surface area (Å²) < 4.78 is 25.1. The summed E-state index contributed by atoms with van der Waals surface area (Å²) in [6, 6.07) is 0. The van der Waals surface area contributed by atoms with Gasteiger partial charge in [-0.2, -0.15) is 0 Å². The van der Waals surface area contributed by atoms with Crippen LogP contribution >= 0.6 is 0 Å². The number of hydrogen-bond acceptors (Lipinski definition) is 3. The van der Waals surface area contributed by atoms with E-state index >= 15 is 0 Å². The first kappa shape index (κ1) is 18.2. The molecule has 0 saturated heterocycles. The molecule has 0 spiro atoms. The zero-order chi connectivity index (χ0) is 15.8. The molecule has 0 aromatic heterocycles. The molecule has 0 radical (unpaired) electrons. The van der Waals surface area contributed by atoms with Gasteiger partial charge in [-0.3, -0.25) is 4.99 Å². The first-order valence-corrected chi connectivity index (χ1v) is 9.54. The van der Waals surface area contributed by atoms with Gasteiger partial charge in [0.25, 0.3) is 0 Å². The summed E-state index contributed by atoms with van der Waals surface area (Å²) >= 11 is 0. The Bertz CT molecular complexity index is 428. The lowest BCUT2D eigenvalue weighted by molar-refractivity contribution is 0.283. The van der Waals surface area contributed by atoms with Crippen LogP contribution in [0.3, 0.4) is 0 Å². The van der Waals surface area contributed by atoms with Gasteiger partial charge in [-0.15, -0.1) is 0 Å². The fourth-order valence-corrected chi connectivity index (χ4v) is 3.38. The largest absolute Gasteiger partial charge is 0.356 e. The maximum absolute atomic E-state index is 11.3. The van der Waals surface area contributed by atoms with E-state index in [9.17, 15) is 8.42 Å². The second-order valence-electron chi connectivity index (χ2n) is 5.71. The van der Waals surface area contributed by atoms with Crippen LogP contribution in [0, 0.1) is 5.41 Å². The van der Waals surface area contributed by atoms with Crippen molar-refractivity contribution in [2.75, 3.05) is 32.4 Å². The van der Waals surface area contributed by atoms with E-state index in [0.717, 1.165) is 12.5 Å². The topological polar surface area (TPSA) is 82.6 Å². The molecule has 0 bridgehead atoms. The Morgan fingerprint density at radius 1 is 1.14 bits per heavy atom. The van der Waals surface area contributed by atoms with Crippen LogP contribution in [-0.2, 0) is 10.0 Å². The van der Waals surface area contributed by atoms with E-state index in [1.165, 1.54) is 32.1 Å². The van der Waals surface area contributed by atoms with Crippen molar-refractivity contribution < 1.29 is 8.42 Å². The van der Waals surface area contributed by atoms with Crippen molar-refractivity contribution in [3.8, 4) is 0 Å². The highest BCUT2D eigenvalue weighted by Gasteiger charge is 2.31. The van der Waals surface area contributed by atoms with Crippen molar-refractivity contribution in [2.45, 2.75) is 46.0 Å². The number of guanidine groups is 1. The second kappa shape index (κ2) is 8.58. The van der Waals surface area contributed by atoms with Crippen molar-refractivity contribution >= 4 is 16.0 Å². The predicted molar refractivity (Wildman–Crippen MR) is 88.0 cm³/mol. The van der Waals surface area contributed by atoms with Crippen LogP contribution in [0.5, 0.6) is 0 Å². The maximum Gasteiger partial charge on any atom is 0.211 e. The third kappa shape index (κ3) is 6.22. The van der Waals surface area contributed by atoms with Gasteiger partial charge in [0.05, 0.1) is 5.75 Å². The number of rotatable bonds is 8. The fraction of sp³-hybridized carbons (Fsp3) is 0.929. The smallest absolute Gasteiger partial charge is 0.211 e. The summed E-state index contributed by atoms with van der Waals surface area (Å²) in [6.45, 7) is 5.71. The molecule has 0 aromatic carbocycles. The molecule has 0 heterocycles. The Balaban J connectivity index is 2.29. The molecule has 1 fully saturated rings. The van der Waals surface area contributed by atoms with Gasteiger partial charge >= 0.3 is 0 Å². The maximum atomic E-state index is 11.3. The van der Waals surface area contributed by atoms with E-state index in [1.807, 2.05) is 0 Å². The molecular weight excluding hydrogens is 288 g/mol. The zero-order valence-electron chi connectivity index (χ0n) is 13.5. The number of nitrogens with zero attached hydrogens (tertiary/aromatic N) is 1. The van der Waals surface area contributed by atoms with Crippen LogP contribution in [0.1, 0.15) is 46.0 Å². The third-order valence-corrected chi connectivity index (χ3v) is 5.79. The fourth-order valence-electron chi connectivity index (χ4n) is 2.76. The van der Waals surface area contributed by atoms with Gasteiger partial charge in [0.15, 0.2) is 5.96 Å². The highest BCUT2D eigenvalue weighted by atomic mass is 32.2. The van der Waals surface area contributed by atoms with E-state index in [0.29, 0.717) is 18.5 Å². The summed E-state index contributed by atoms with van der Waals surface area (Å²) in [5, 5.41) is 6.52. The van der Waals surface area contributed by atoms with Crippen molar-refractivity contribution in [2.24, 2.45) is 10.4 Å². The Hall–Kier alpha value is -0.820. The van der Waals surface area contributed by atoms with Crippen molar-refractivity contribution in [3.05, 3.63) is 0 Å². The van der Waals surface area contributed by atoms with Crippen LogP contribution < -0.4 is 15.4 Å². The average molecular weight is 318 g/mol. The van der Waals surface area contributed by atoms with Crippen LogP contribution in [0.25, 0.3) is 0 Å². The first-order chi connectivity index (χ1) is 9.97. The molecule has 0 aliphatic heterocycles. The standard InChI is InChI=1S/C14H30N4O2S/c1-4-14(8-6-7-9-14)12-17-13(15-3)16-10-11-18-21(19,20)5-2/h18H,4-12H2,1-3H3,(H2,15,16,17). The minimum Gasteiger partial charge on any atom is -0.356 e. The van der Waals surface area contributed by atoms with Gasteiger partial charge in [-0.1, -0.05) is 19.8 Å². The number of sulfonamides is 1. The lowest BCUT2D eigenvalue weighted by Gasteiger charge is -2.28. The summed E-state index contributed by atoms with van der Waals surface area (Å²) in [5.74, 6) is 0.851. The highest BCUT2D eigenvalue weighted by Crippen LogP contribution is 2.40. The number of hydrogen-bond donors (Lipinski definition) is 3. The zero-order valence-corrected chi connectivity index (χ0v) is 14.4. The van der Waals surface area contributed by atoms with Crippen LogP contribution in [0.2, 0.25) is 0 Å². The molecule has 1 saturated carbocycles. The summed E-state index contributed by atoms with van der Waals surface area (Å²) in [5.41, 5.74) is 0.404. The van der Waals surface area contributed by atoms with Crippen molar-refractivity contribution in [1.29, 1.82) is 0 Å². The van der Waals surface area contributed by atoms with E-state index in [2.05, 4.69) is 27.3 Å². The number of aliphatic imine (C=N–C) groups is 1. The first-order valence-electron chi connectivity index (χ1n) is 7.89. The van der Waals surface area contributed by atoms with E-state index in [-0.39, 0.29) is 5.75 Å². The predicted octanol–water partition coefficient (Wildman–Crippen LogP) is 1.06. The van der Waals surface area contributed by atoms with Gasteiger partial charge in [0.1, 0.15) is 0 Å². The average Bonchev–Trinajstić information content (AvgIpc) is 2.96. The highest BCUT2D eigenvalue weighted by molar-refractivity contribution is 7.89. The minimum atomic E-state index is -3.11. The summed E-state index contributed by atoms with van der Waals surface area (Å²) in [4.78, 5) is 4.19. The van der Waals surface area contributed by atoms with Gasteiger partial charge in [0, 0.05) is 26.7 Å². The Morgan fingerprint density at radius 3 is 2.33 bits per heavy atom. The lowest BCUT2D eigenvalue weighted by atomic mass is 9.83. The second-order valence-corrected chi connectivity index (χ2v) is 7.81. The van der Waals surface area contributed by atoms with Crippen molar-refractivity contribution in [3.63, 3.8) is 0 Å². The molecule has 1 rings (SSSR count).